The summed E-state index contributed by atoms with van der Waals surface area (Å²) in [4.78, 5) is 15.3. The van der Waals surface area contributed by atoms with Crippen LogP contribution in [0.1, 0.15) is 37.7 Å². The number of hydrogen-bond acceptors (Lipinski definition) is 5. The number of benzene rings is 1. The second-order valence-corrected chi connectivity index (χ2v) is 7.63. The lowest BCUT2D eigenvalue weighted by atomic mass is 9.94. The van der Waals surface area contributed by atoms with E-state index in [1.165, 1.54) is 31.0 Å². The van der Waals surface area contributed by atoms with Gasteiger partial charge in [-0.05, 0) is 36.6 Å². The van der Waals surface area contributed by atoms with Crippen LogP contribution in [0.4, 0.5) is 0 Å². The van der Waals surface area contributed by atoms with Crippen LogP contribution in [-0.2, 0) is 4.79 Å². The van der Waals surface area contributed by atoms with E-state index in [2.05, 4.69) is 0 Å². The molecule has 0 unspecified atom stereocenters. The summed E-state index contributed by atoms with van der Waals surface area (Å²) in [6.45, 7) is 0. The summed E-state index contributed by atoms with van der Waals surface area (Å²) in [6, 6.07) is 5.88. The Bertz CT molecular complexity index is 681. The molecule has 0 spiro atoms. The van der Waals surface area contributed by atoms with Gasteiger partial charge in [0.1, 0.15) is 4.32 Å². The topological polar surface area (TPSA) is 38.8 Å². The van der Waals surface area contributed by atoms with Crippen molar-refractivity contribution in [2.24, 2.45) is 0 Å². The molecule has 6 heteroatoms. The fourth-order valence-electron chi connectivity index (χ4n) is 3.23. The fraction of sp³-hybridized carbons (Fsp3) is 0.444. The van der Waals surface area contributed by atoms with Gasteiger partial charge in [0.2, 0.25) is 0 Å². The standard InChI is InChI=1S/C18H21NO3S2/c1-21-14-9-8-12(10-15(14)22-2)11-16-17(20)19(18(23)24-16)13-6-4-3-5-7-13/h8-11,13H,3-7H2,1-2H3. The Morgan fingerprint density at radius 2 is 1.88 bits per heavy atom. The monoisotopic (exact) mass is 363 g/mol. The highest BCUT2D eigenvalue weighted by molar-refractivity contribution is 8.26. The molecule has 0 radical (unpaired) electrons. The minimum atomic E-state index is 0.0340. The number of hydrogen-bond donors (Lipinski definition) is 0. The molecule has 128 valence electrons. The molecule has 1 saturated heterocycles. The third-order valence-corrected chi connectivity index (χ3v) is 5.80. The van der Waals surface area contributed by atoms with Crippen LogP contribution in [0.25, 0.3) is 6.08 Å². The van der Waals surface area contributed by atoms with E-state index in [-0.39, 0.29) is 11.9 Å². The highest BCUT2D eigenvalue weighted by Crippen LogP contribution is 2.38. The Morgan fingerprint density at radius 1 is 1.17 bits per heavy atom. The molecule has 1 aromatic rings. The SMILES string of the molecule is COc1ccc(C=C2SC(=S)N(C3CCCCC3)C2=O)cc1OC. The van der Waals surface area contributed by atoms with Gasteiger partial charge in [0.05, 0.1) is 19.1 Å². The van der Waals surface area contributed by atoms with Gasteiger partial charge in [0.15, 0.2) is 11.5 Å². The van der Waals surface area contributed by atoms with Crippen LogP contribution in [0.2, 0.25) is 0 Å². The molecule has 2 fully saturated rings. The minimum absolute atomic E-state index is 0.0340. The highest BCUT2D eigenvalue weighted by atomic mass is 32.2. The maximum absolute atomic E-state index is 12.8. The molecule has 1 saturated carbocycles. The number of carbonyl (C=O) groups excluding carboxylic acids is 1. The lowest BCUT2D eigenvalue weighted by Gasteiger charge is -2.29. The zero-order valence-electron chi connectivity index (χ0n) is 13.9. The normalized spacial score (nSPS) is 20.8. The maximum atomic E-state index is 12.8. The van der Waals surface area contributed by atoms with Gasteiger partial charge in [0.25, 0.3) is 5.91 Å². The van der Waals surface area contributed by atoms with E-state index >= 15 is 0 Å². The number of thiocarbonyl (C=S) groups is 1. The molecule has 24 heavy (non-hydrogen) atoms. The summed E-state index contributed by atoms with van der Waals surface area (Å²) < 4.78 is 11.3. The molecule has 1 aliphatic heterocycles. The van der Waals surface area contributed by atoms with Crippen LogP contribution in [-0.4, -0.2) is 35.4 Å². The quantitative estimate of drug-likeness (QED) is 0.591. The van der Waals surface area contributed by atoms with Crippen LogP contribution in [0.15, 0.2) is 23.1 Å². The molecule has 1 aliphatic carbocycles. The van der Waals surface area contributed by atoms with Crippen molar-refractivity contribution in [2.45, 2.75) is 38.1 Å². The van der Waals surface area contributed by atoms with Gasteiger partial charge < -0.3 is 9.47 Å². The second kappa shape index (κ2) is 7.57. The van der Waals surface area contributed by atoms with Crippen LogP contribution in [0.5, 0.6) is 11.5 Å². The van der Waals surface area contributed by atoms with Crippen molar-refractivity contribution in [2.75, 3.05) is 14.2 Å². The number of rotatable bonds is 4. The molecule has 0 N–H and O–H groups in total. The van der Waals surface area contributed by atoms with Crippen molar-refractivity contribution in [3.63, 3.8) is 0 Å². The van der Waals surface area contributed by atoms with Gasteiger partial charge in [-0.15, -0.1) is 0 Å². The van der Waals surface area contributed by atoms with Gasteiger partial charge >= 0.3 is 0 Å². The van der Waals surface area contributed by atoms with Gasteiger partial charge in [-0.1, -0.05) is 49.3 Å². The average molecular weight is 364 g/mol. The van der Waals surface area contributed by atoms with E-state index in [4.69, 9.17) is 21.7 Å². The van der Waals surface area contributed by atoms with Crippen molar-refractivity contribution < 1.29 is 14.3 Å². The summed E-state index contributed by atoms with van der Waals surface area (Å²) in [6.07, 6.45) is 7.59. The first kappa shape index (κ1) is 17.3. The van der Waals surface area contributed by atoms with Crippen LogP contribution in [0, 0.1) is 0 Å². The van der Waals surface area contributed by atoms with Crippen molar-refractivity contribution in [1.82, 2.24) is 4.90 Å². The average Bonchev–Trinajstić information content (AvgIpc) is 2.89. The number of methoxy groups -OCH3 is 2. The van der Waals surface area contributed by atoms with Crippen LogP contribution >= 0.6 is 24.0 Å². The summed E-state index contributed by atoms with van der Waals surface area (Å²) in [7, 11) is 3.21. The second-order valence-electron chi connectivity index (χ2n) is 5.96. The van der Waals surface area contributed by atoms with E-state index in [1.807, 2.05) is 29.2 Å². The molecular weight excluding hydrogens is 342 g/mol. The predicted molar refractivity (Wildman–Crippen MR) is 101 cm³/mol. The molecule has 1 aromatic carbocycles. The molecular formula is C18H21NO3S2. The van der Waals surface area contributed by atoms with Crippen molar-refractivity contribution in [3.8, 4) is 11.5 Å². The first-order valence-electron chi connectivity index (χ1n) is 8.13. The number of carbonyl (C=O) groups is 1. The third kappa shape index (κ3) is 3.44. The van der Waals surface area contributed by atoms with E-state index in [0.29, 0.717) is 20.7 Å². The number of thioether (sulfide) groups is 1. The number of nitrogens with zero attached hydrogens (tertiary/aromatic N) is 1. The van der Waals surface area contributed by atoms with Crippen molar-refractivity contribution in [3.05, 3.63) is 28.7 Å². The van der Waals surface area contributed by atoms with Gasteiger partial charge in [-0.2, -0.15) is 0 Å². The number of ether oxygens (including phenoxy) is 2. The first-order chi connectivity index (χ1) is 11.6. The predicted octanol–water partition coefficient (Wildman–Crippen LogP) is 4.24. The van der Waals surface area contributed by atoms with Gasteiger partial charge in [-0.3, -0.25) is 9.69 Å². The highest BCUT2D eigenvalue weighted by Gasteiger charge is 2.37. The largest absolute Gasteiger partial charge is 0.493 e. The Balaban J connectivity index is 1.83. The Morgan fingerprint density at radius 3 is 2.54 bits per heavy atom. The maximum Gasteiger partial charge on any atom is 0.266 e. The van der Waals surface area contributed by atoms with Crippen molar-refractivity contribution in [1.29, 1.82) is 0 Å². The molecule has 0 aromatic heterocycles. The summed E-state index contributed by atoms with van der Waals surface area (Å²) in [5.74, 6) is 1.35. The van der Waals surface area contributed by atoms with Crippen molar-refractivity contribution >= 4 is 40.3 Å². The first-order valence-corrected chi connectivity index (χ1v) is 9.35. The summed E-state index contributed by atoms with van der Waals surface area (Å²) >= 11 is 6.85. The Hall–Kier alpha value is -1.53. The van der Waals surface area contributed by atoms with Gasteiger partial charge in [0, 0.05) is 6.04 Å². The smallest absolute Gasteiger partial charge is 0.266 e. The van der Waals surface area contributed by atoms with Crippen LogP contribution < -0.4 is 9.47 Å². The summed E-state index contributed by atoms with van der Waals surface area (Å²) in [5, 5.41) is 0. The zero-order valence-corrected chi connectivity index (χ0v) is 15.5. The molecule has 0 atom stereocenters. The Labute approximate surface area is 152 Å². The van der Waals surface area contributed by atoms with E-state index < -0.39 is 0 Å². The molecule has 0 bridgehead atoms. The van der Waals surface area contributed by atoms with Crippen LogP contribution in [0.3, 0.4) is 0 Å². The molecule has 4 nitrogen and oxygen atoms in total. The lowest BCUT2D eigenvalue weighted by molar-refractivity contribution is -0.124. The van der Waals surface area contributed by atoms with E-state index in [9.17, 15) is 4.79 Å². The molecule has 1 heterocycles. The summed E-state index contributed by atoms with van der Waals surface area (Å²) in [5.41, 5.74) is 0.900. The molecule has 3 rings (SSSR count). The van der Waals surface area contributed by atoms with Gasteiger partial charge in [-0.25, -0.2) is 0 Å². The zero-order chi connectivity index (χ0) is 17.1. The fourth-order valence-corrected chi connectivity index (χ4v) is 4.63. The van der Waals surface area contributed by atoms with E-state index in [0.717, 1.165) is 18.4 Å². The molecule has 1 amide bonds. The Kier molecular flexibility index (Phi) is 5.46. The van der Waals surface area contributed by atoms with E-state index in [1.54, 1.807) is 14.2 Å². The third-order valence-electron chi connectivity index (χ3n) is 4.47. The molecule has 2 aliphatic rings. The lowest BCUT2D eigenvalue weighted by Crippen LogP contribution is -2.39. The number of amides is 1. The minimum Gasteiger partial charge on any atom is -0.493 e.